The lowest BCUT2D eigenvalue weighted by molar-refractivity contribution is -0.132. The van der Waals surface area contributed by atoms with E-state index < -0.39 is 91.6 Å². The average Bonchev–Trinajstić information content (AvgIpc) is 3.65. The Morgan fingerprint density at radius 1 is 0.524 bits per heavy atom. The lowest BCUT2D eigenvalue weighted by Crippen LogP contribution is -2.11. The summed E-state index contributed by atoms with van der Waals surface area (Å²) in [4.78, 5) is 87.4. The number of aromatic nitrogens is 4. The fraction of sp³-hybridized carbons (Fsp3) is 0. The van der Waals surface area contributed by atoms with Crippen LogP contribution < -0.4 is 0 Å². The van der Waals surface area contributed by atoms with Crippen molar-refractivity contribution < 1.29 is 59.4 Å². The van der Waals surface area contributed by atoms with Crippen LogP contribution in [0, 0.1) is 0 Å². The lowest BCUT2D eigenvalue weighted by atomic mass is 9.98. The predicted molar refractivity (Wildman–Crippen MR) is 140 cm³/mol. The Kier molecular flexibility index (Phi) is 6.15. The maximum Gasteiger partial charge on any atom is 0.340 e. The number of carbonyl (C=O) groups is 6. The number of nitrogens with one attached hydrogen (secondary N) is 2. The third-order valence-corrected chi connectivity index (χ3v) is 6.24. The molecule has 5 rings (SSSR count). The first-order chi connectivity index (χ1) is 19.8. The molecule has 2 aliphatic rings. The molecule has 0 amide bonds. The molecule has 42 heavy (non-hydrogen) atoms. The summed E-state index contributed by atoms with van der Waals surface area (Å²) in [6.45, 7) is 0. The Morgan fingerprint density at radius 2 is 1.05 bits per heavy atom. The second-order valence-corrected chi connectivity index (χ2v) is 8.71. The molecule has 5 heterocycles. The van der Waals surface area contributed by atoms with Gasteiger partial charge in [0, 0.05) is 5.52 Å². The zero-order valence-electron chi connectivity index (χ0n) is 20.5. The van der Waals surface area contributed by atoms with Crippen LogP contribution in [0.1, 0.15) is 64.2 Å². The van der Waals surface area contributed by atoms with Crippen LogP contribution in [0.5, 0.6) is 0 Å². The van der Waals surface area contributed by atoms with E-state index in [9.17, 15) is 59.4 Å². The third kappa shape index (κ3) is 4.20. The van der Waals surface area contributed by atoms with Gasteiger partial charge in [-0.2, -0.15) is 0 Å². The van der Waals surface area contributed by atoms with Crippen molar-refractivity contribution in [2.75, 3.05) is 0 Å². The minimum Gasteiger partial charge on any atom is -0.478 e. The minimum atomic E-state index is -2.04. The van der Waals surface area contributed by atoms with Crippen molar-refractivity contribution in [3.63, 3.8) is 0 Å². The van der Waals surface area contributed by atoms with Crippen LogP contribution in [0.2, 0.25) is 0 Å². The van der Waals surface area contributed by atoms with E-state index in [1.165, 1.54) is 30.4 Å². The largest absolute Gasteiger partial charge is 0.478 e. The molecule has 0 saturated heterocycles. The van der Waals surface area contributed by atoms with E-state index in [1.54, 1.807) is 0 Å². The Balaban J connectivity index is 2.21. The van der Waals surface area contributed by atoms with Crippen LogP contribution in [-0.2, 0) is 9.59 Å². The smallest absolute Gasteiger partial charge is 0.340 e. The first-order valence-corrected chi connectivity index (χ1v) is 11.4. The van der Waals surface area contributed by atoms with E-state index >= 15 is 0 Å². The van der Waals surface area contributed by atoms with Crippen molar-refractivity contribution in [3.8, 4) is 0 Å². The van der Waals surface area contributed by atoms with Gasteiger partial charge in [0.05, 0.1) is 44.9 Å². The van der Waals surface area contributed by atoms with E-state index in [0.717, 1.165) is 6.07 Å². The number of rotatable bonds is 6. The van der Waals surface area contributed by atoms with Gasteiger partial charge >= 0.3 is 35.8 Å². The monoisotopic (exact) mass is 574 g/mol. The van der Waals surface area contributed by atoms with Crippen molar-refractivity contribution in [1.82, 2.24) is 19.9 Å². The molecule has 0 spiro atoms. The molecular weight excluding hydrogens is 560 g/mol. The molecule has 16 heteroatoms. The van der Waals surface area contributed by atoms with Crippen LogP contribution >= 0.6 is 0 Å². The minimum absolute atomic E-state index is 0.107. The molecule has 0 unspecified atom stereocenters. The molecular formula is C26H14N4O12. The fourth-order valence-electron chi connectivity index (χ4n) is 4.66. The Morgan fingerprint density at radius 3 is 1.57 bits per heavy atom. The average molecular weight is 574 g/mol. The highest BCUT2D eigenvalue weighted by molar-refractivity contribution is 6.39. The van der Waals surface area contributed by atoms with E-state index in [-0.39, 0.29) is 22.4 Å². The molecule has 210 valence electrons. The number of aliphatic carboxylic acids is 2. The van der Waals surface area contributed by atoms with Crippen LogP contribution in [0.15, 0.2) is 24.3 Å². The van der Waals surface area contributed by atoms with Gasteiger partial charge in [-0.15, -0.1) is 0 Å². The molecule has 0 atom stereocenters. The van der Waals surface area contributed by atoms with Gasteiger partial charge in [0.15, 0.2) is 0 Å². The fourth-order valence-corrected chi connectivity index (χ4v) is 4.66. The van der Waals surface area contributed by atoms with Gasteiger partial charge < -0.3 is 40.6 Å². The van der Waals surface area contributed by atoms with Crippen LogP contribution in [0.25, 0.3) is 45.4 Å². The third-order valence-electron chi connectivity index (χ3n) is 6.24. The van der Waals surface area contributed by atoms with Gasteiger partial charge in [0.1, 0.15) is 27.8 Å². The highest BCUT2D eigenvalue weighted by Crippen LogP contribution is 2.37. The van der Waals surface area contributed by atoms with E-state index in [0.29, 0.717) is 0 Å². The molecule has 2 aliphatic heterocycles. The van der Waals surface area contributed by atoms with Crippen LogP contribution in [-0.4, -0.2) is 86.4 Å². The standard InChI is InChI=1S/C26H14N4O12/c31-21(32)12-11-6-9-2-1-7(27-9)5-8-3-4-10(28-8)13(22(33)34)18-15(24(37)38)16(25(39)40)20(30-18)17(26(41)42)19(29-11)14(12)23(35)36/h1-6,28-29H,(H,31,32)(H,33,34)(H,35,36)(H,37,38)(H,39,40)(H,41,42). The second kappa shape index (κ2) is 9.56. The summed E-state index contributed by atoms with van der Waals surface area (Å²) in [5, 5.41) is 60.0. The maximum absolute atomic E-state index is 12.6. The normalized spacial score (nSPS) is 12.3. The van der Waals surface area contributed by atoms with Crippen LogP contribution in [0.3, 0.4) is 0 Å². The summed E-state index contributed by atoms with van der Waals surface area (Å²) in [6, 6.07) is 5.21. The van der Waals surface area contributed by atoms with Crippen molar-refractivity contribution >= 4 is 81.2 Å². The summed E-state index contributed by atoms with van der Waals surface area (Å²) in [7, 11) is 0. The summed E-state index contributed by atoms with van der Waals surface area (Å²) >= 11 is 0. The van der Waals surface area contributed by atoms with Gasteiger partial charge in [-0.3, -0.25) is 0 Å². The Labute approximate surface area is 230 Å². The number of fused-ring (bicyclic) bond motifs is 8. The molecule has 0 fully saturated rings. The molecule has 3 aromatic heterocycles. The van der Waals surface area contributed by atoms with Crippen molar-refractivity contribution in [2.24, 2.45) is 0 Å². The van der Waals surface area contributed by atoms with Crippen molar-refractivity contribution in [2.45, 2.75) is 0 Å². The number of aromatic amines is 2. The zero-order chi connectivity index (χ0) is 30.6. The summed E-state index contributed by atoms with van der Waals surface area (Å²) < 4.78 is 0. The lowest BCUT2D eigenvalue weighted by Gasteiger charge is -2.03. The highest BCUT2D eigenvalue weighted by atomic mass is 16.4. The summed E-state index contributed by atoms with van der Waals surface area (Å²) in [5.41, 5.74) is -9.63. The number of nitrogens with zero attached hydrogens (tertiary/aromatic N) is 2. The molecule has 8 N–H and O–H groups in total. The van der Waals surface area contributed by atoms with E-state index in [1.807, 2.05) is 0 Å². The quantitative estimate of drug-likeness (QED) is 0.164. The number of carboxylic acid groups (broad SMARTS) is 6. The Hall–Kier alpha value is -6.58. The summed E-state index contributed by atoms with van der Waals surface area (Å²) in [6.07, 6.45) is 2.93. The van der Waals surface area contributed by atoms with Gasteiger partial charge in [-0.05, 0) is 36.4 Å². The molecule has 0 aliphatic carbocycles. The first kappa shape index (κ1) is 27.0. The molecule has 8 bridgehead atoms. The number of carboxylic acids is 6. The molecule has 3 aromatic rings. The molecule has 0 saturated carbocycles. The zero-order valence-corrected chi connectivity index (χ0v) is 20.5. The highest BCUT2D eigenvalue weighted by Gasteiger charge is 2.38. The SMILES string of the molecule is O=C(O)C1=C(C(=O)O)c2nc1c(C(=O)O)c1ccc(cc3nc(cc4[nH]c(c2C(=O)O)c(C(=O)O)c4C(=O)O)C=C3)[nH]1. The van der Waals surface area contributed by atoms with E-state index in [2.05, 4.69) is 19.9 Å². The second-order valence-electron chi connectivity index (χ2n) is 8.71. The number of aromatic carboxylic acids is 4. The molecule has 0 radical (unpaired) electrons. The summed E-state index contributed by atoms with van der Waals surface area (Å²) in [5.74, 6) is -11.6. The van der Waals surface area contributed by atoms with Crippen LogP contribution in [0.4, 0.5) is 0 Å². The van der Waals surface area contributed by atoms with E-state index in [4.69, 9.17) is 0 Å². The van der Waals surface area contributed by atoms with Crippen molar-refractivity contribution in [1.29, 1.82) is 0 Å². The number of hydrogen-bond donors (Lipinski definition) is 8. The maximum atomic E-state index is 12.6. The molecule has 0 aromatic carbocycles. The number of H-pyrrole nitrogens is 2. The topological polar surface area (TPSA) is 281 Å². The van der Waals surface area contributed by atoms with Gasteiger partial charge in [-0.25, -0.2) is 38.7 Å². The first-order valence-electron chi connectivity index (χ1n) is 11.4. The van der Waals surface area contributed by atoms with Gasteiger partial charge in [-0.1, -0.05) is 0 Å². The molecule has 16 nitrogen and oxygen atoms in total. The Bertz CT molecular complexity index is 2060. The van der Waals surface area contributed by atoms with Crippen molar-refractivity contribution in [3.05, 3.63) is 69.3 Å². The van der Waals surface area contributed by atoms with Gasteiger partial charge in [0.25, 0.3) is 0 Å². The predicted octanol–water partition coefficient (Wildman–Crippen LogP) is 2.36. The number of hydrogen-bond acceptors (Lipinski definition) is 8. The van der Waals surface area contributed by atoms with Gasteiger partial charge in [0.2, 0.25) is 0 Å².